The Morgan fingerprint density at radius 2 is 1.95 bits per heavy atom. The number of nitrogens with one attached hydrogen (secondary N) is 1. The predicted molar refractivity (Wildman–Crippen MR) is 74.6 cm³/mol. The first-order valence-electron chi connectivity index (χ1n) is 6.21. The van der Waals surface area contributed by atoms with E-state index in [9.17, 15) is 13.8 Å². The van der Waals surface area contributed by atoms with E-state index in [2.05, 4.69) is 0 Å². The van der Waals surface area contributed by atoms with E-state index in [4.69, 9.17) is 19.9 Å². The third-order valence-corrected chi connectivity index (χ3v) is 3.73. The Morgan fingerprint density at radius 1 is 1.38 bits per heavy atom. The highest BCUT2D eigenvalue weighted by atomic mass is 31.2. The lowest BCUT2D eigenvalue weighted by Gasteiger charge is -2.12. The zero-order chi connectivity index (χ0) is 16.0. The van der Waals surface area contributed by atoms with Crippen molar-refractivity contribution in [2.75, 3.05) is 6.16 Å². The molecule has 0 radical (unpaired) electrons. The summed E-state index contributed by atoms with van der Waals surface area (Å²) in [6.45, 7) is 1.45. The summed E-state index contributed by atoms with van der Waals surface area (Å²) >= 11 is 0. The van der Waals surface area contributed by atoms with Gasteiger partial charge in [0.15, 0.2) is 0 Å². The van der Waals surface area contributed by atoms with Crippen molar-refractivity contribution in [3.05, 3.63) is 35.6 Å². The molecule has 0 spiro atoms. The Labute approximate surface area is 121 Å². The number of benzene rings is 1. The molecular formula is C13H17FNO5P. The number of halogens is 1. The van der Waals surface area contributed by atoms with Gasteiger partial charge in [-0.1, -0.05) is 19.1 Å². The van der Waals surface area contributed by atoms with Gasteiger partial charge in [-0.05, 0) is 30.0 Å². The van der Waals surface area contributed by atoms with E-state index in [0.29, 0.717) is 5.56 Å². The second-order valence-electron chi connectivity index (χ2n) is 4.84. The molecule has 8 heteroatoms. The quantitative estimate of drug-likeness (QED) is 0.405. The fourth-order valence-corrected chi connectivity index (χ4v) is 2.66. The summed E-state index contributed by atoms with van der Waals surface area (Å²) in [5.41, 5.74) is 0.235. The molecule has 0 amide bonds. The maximum absolute atomic E-state index is 12.7. The van der Waals surface area contributed by atoms with Crippen LogP contribution in [0.2, 0.25) is 0 Å². The zero-order valence-corrected chi connectivity index (χ0v) is 12.3. The molecule has 116 valence electrons. The summed E-state index contributed by atoms with van der Waals surface area (Å²) in [6.07, 6.45) is -0.464. The average Bonchev–Trinajstić information content (AvgIpc) is 2.35. The predicted octanol–water partition coefficient (Wildman–Crippen LogP) is 2.09. The monoisotopic (exact) mass is 317 g/mol. The third-order valence-electron chi connectivity index (χ3n) is 2.63. The molecule has 0 aliphatic heterocycles. The molecule has 1 aromatic carbocycles. The molecule has 0 bridgehead atoms. The topological polar surface area (TPSA) is 108 Å². The van der Waals surface area contributed by atoms with Gasteiger partial charge in [-0.3, -0.25) is 9.97 Å². The Morgan fingerprint density at radius 3 is 2.48 bits per heavy atom. The van der Waals surface area contributed by atoms with Gasteiger partial charge in [-0.25, -0.2) is 9.18 Å². The Bertz CT molecular complexity index is 554. The van der Waals surface area contributed by atoms with E-state index >= 15 is 0 Å². The molecule has 6 nitrogen and oxygen atoms in total. The summed E-state index contributed by atoms with van der Waals surface area (Å²) in [6, 6.07) is 5.39. The van der Waals surface area contributed by atoms with Gasteiger partial charge < -0.3 is 14.5 Å². The molecule has 0 aliphatic rings. The average molecular weight is 317 g/mol. The van der Waals surface area contributed by atoms with Crippen LogP contribution < -0.4 is 0 Å². The van der Waals surface area contributed by atoms with E-state index in [0.717, 1.165) is 0 Å². The van der Waals surface area contributed by atoms with Crippen LogP contribution in [0.4, 0.5) is 4.39 Å². The number of carbonyl (C=O) groups excluding carboxylic acids is 1. The number of esters is 1. The second-order valence-corrected chi connectivity index (χ2v) is 6.53. The third kappa shape index (κ3) is 7.13. The van der Waals surface area contributed by atoms with Crippen LogP contribution in [0.1, 0.15) is 18.9 Å². The van der Waals surface area contributed by atoms with E-state index in [-0.39, 0.29) is 24.9 Å². The maximum atomic E-state index is 12.7. The Balaban J connectivity index is 2.42. The summed E-state index contributed by atoms with van der Waals surface area (Å²) in [5.74, 6) is -1.75. The van der Waals surface area contributed by atoms with Crippen LogP contribution in [0.5, 0.6) is 0 Å². The molecule has 0 saturated carbocycles. The Hall–Kier alpha value is -1.56. The van der Waals surface area contributed by atoms with Crippen LogP contribution in [-0.2, 0) is 20.7 Å². The molecule has 0 aromatic heterocycles. The first kappa shape index (κ1) is 17.5. The minimum absolute atomic E-state index is 0.0760. The zero-order valence-electron chi connectivity index (χ0n) is 11.5. The fourth-order valence-electron chi connectivity index (χ4n) is 1.72. The van der Waals surface area contributed by atoms with Crippen molar-refractivity contribution in [3.8, 4) is 0 Å². The molecule has 3 N–H and O–H groups in total. The smallest absolute Gasteiger partial charge is 0.352 e. The minimum atomic E-state index is -4.16. The molecule has 21 heavy (non-hydrogen) atoms. The van der Waals surface area contributed by atoms with Crippen LogP contribution in [0.25, 0.3) is 0 Å². The van der Waals surface area contributed by atoms with Crippen molar-refractivity contribution in [3.63, 3.8) is 0 Å². The van der Waals surface area contributed by atoms with Gasteiger partial charge in [0.25, 0.3) is 0 Å². The van der Waals surface area contributed by atoms with Crippen molar-refractivity contribution in [1.82, 2.24) is 0 Å². The molecule has 1 rings (SSSR count). The summed E-state index contributed by atoms with van der Waals surface area (Å²) in [4.78, 5) is 29.2. The van der Waals surface area contributed by atoms with E-state index in [1.807, 2.05) is 0 Å². The minimum Gasteiger partial charge on any atom is -0.456 e. The SMILES string of the molecule is CC(CC(=N)C(=O)OCc1ccc(F)cc1)CP(=O)(O)O. The van der Waals surface area contributed by atoms with Crippen LogP contribution in [0.3, 0.4) is 0 Å². The number of hydrogen-bond donors (Lipinski definition) is 3. The van der Waals surface area contributed by atoms with Crippen LogP contribution in [0, 0.1) is 17.1 Å². The highest BCUT2D eigenvalue weighted by molar-refractivity contribution is 7.51. The molecule has 1 atom stereocenters. The van der Waals surface area contributed by atoms with Gasteiger partial charge in [0.2, 0.25) is 0 Å². The van der Waals surface area contributed by atoms with Gasteiger partial charge in [-0.2, -0.15) is 0 Å². The van der Waals surface area contributed by atoms with Crippen LogP contribution >= 0.6 is 7.60 Å². The van der Waals surface area contributed by atoms with Crippen molar-refractivity contribution >= 4 is 19.3 Å². The number of rotatable bonds is 7. The highest BCUT2D eigenvalue weighted by Crippen LogP contribution is 2.37. The van der Waals surface area contributed by atoms with Gasteiger partial charge in [0.05, 0.1) is 6.16 Å². The second kappa shape index (κ2) is 7.45. The van der Waals surface area contributed by atoms with Crippen molar-refractivity contribution in [2.45, 2.75) is 20.0 Å². The van der Waals surface area contributed by atoms with Gasteiger partial charge in [0, 0.05) is 0 Å². The number of carbonyl (C=O) groups is 1. The summed E-state index contributed by atoms with van der Waals surface area (Å²) in [5, 5.41) is 7.55. The number of hydrogen-bond acceptors (Lipinski definition) is 4. The molecular weight excluding hydrogens is 300 g/mol. The molecule has 0 saturated heterocycles. The maximum Gasteiger partial charge on any atom is 0.352 e. The lowest BCUT2D eigenvalue weighted by Crippen LogP contribution is -2.20. The molecule has 1 aromatic rings. The standard InChI is InChI=1S/C13H17FNO5P/c1-9(8-21(17,18)19)6-12(15)13(16)20-7-10-2-4-11(14)5-3-10/h2-5,9,15H,6-8H2,1H3,(H2,17,18,19). The Kier molecular flexibility index (Phi) is 6.20. The highest BCUT2D eigenvalue weighted by Gasteiger charge is 2.22. The fraction of sp³-hybridized carbons (Fsp3) is 0.385. The molecule has 1 unspecified atom stereocenters. The van der Waals surface area contributed by atoms with Crippen molar-refractivity contribution in [1.29, 1.82) is 5.41 Å². The van der Waals surface area contributed by atoms with Gasteiger partial charge in [0.1, 0.15) is 18.1 Å². The largest absolute Gasteiger partial charge is 0.456 e. The molecule has 0 aliphatic carbocycles. The molecule has 0 heterocycles. The van der Waals surface area contributed by atoms with E-state index in [1.165, 1.54) is 24.3 Å². The lowest BCUT2D eigenvalue weighted by atomic mass is 10.1. The van der Waals surface area contributed by atoms with Crippen molar-refractivity contribution < 1.29 is 28.3 Å². The lowest BCUT2D eigenvalue weighted by molar-refractivity contribution is -0.137. The van der Waals surface area contributed by atoms with Gasteiger partial charge >= 0.3 is 13.6 Å². The van der Waals surface area contributed by atoms with E-state index in [1.54, 1.807) is 6.92 Å². The number of ether oxygens (including phenoxy) is 1. The van der Waals surface area contributed by atoms with Gasteiger partial charge in [-0.15, -0.1) is 0 Å². The van der Waals surface area contributed by atoms with Crippen LogP contribution in [0.15, 0.2) is 24.3 Å². The molecule has 0 fully saturated rings. The normalized spacial score (nSPS) is 12.8. The van der Waals surface area contributed by atoms with Crippen LogP contribution in [-0.4, -0.2) is 27.6 Å². The first-order valence-corrected chi connectivity index (χ1v) is 8.00. The summed E-state index contributed by atoms with van der Waals surface area (Å²) in [7, 11) is -4.16. The first-order chi connectivity index (χ1) is 9.67. The van der Waals surface area contributed by atoms with Crippen molar-refractivity contribution in [2.24, 2.45) is 5.92 Å². The summed E-state index contributed by atoms with van der Waals surface area (Å²) < 4.78 is 28.4. The van der Waals surface area contributed by atoms with E-state index < -0.39 is 25.3 Å².